The number of hydrogen-bond acceptors (Lipinski definition) is 7. The Bertz CT molecular complexity index is 1420. The summed E-state index contributed by atoms with van der Waals surface area (Å²) in [5.74, 6) is -0.854. The van der Waals surface area contributed by atoms with E-state index in [1.165, 1.54) is 12.1 Å². The largest absolute Gasteiger partial charge is 0.506 e. The average molecular weight is 463 g/mol. The van der Waals surface area contributed by atoms with E-state index in [1.54, 1.807) is 18.2 Å². The topological polar surface area (TPSA) is 130 Å². The predicted molar refractivity (Wildman–Crippen MR) is 115 cm³/mol. The van der Waals surface area contributed by atoms with Gasteiger partial charge in [-0.05, 0) is 40.6 Å². The third kappa shape index (κ3) is 4.42. The molecule has 0 spiro atoms. The molecule has 1 aliphatic rings. The molecule has 1 heterocycles. The number of nitrogens with one attached hydrogen (secondary N) is 1. The number of anilines is 1. The molecular weight excluding hydrogens is 444 g/mol. The lowest BCUT2D eigenvalue weighted by Crippen LogP contribution is -2.29. The van der Waals surface area contributed by atoms with Crippen LogP contribution in [0.3, 0.4) is 0 Å². The second-order valence-electron chi connectivity index (χ2n) is 7.13. The maximum Gasteiger partial charge on any atom is 0.326 e. The van der Waals surface area contributed by atoms with Crippen LogP contribution in [0.4, 0.5) is 5.69 Å². The summed E-state index contributed by atoms with van der Waals surface area (Å²) in [7, 11) is -7.81. The standard InChI is InChI=1S/C20H18N2O7S2/c1-30(25,26)29-19-11-15-5-3-2-4-14(15)10-16(19)8-13-6-7-17(18(23)9-13)22-12-20(24)21-31(22,27)28/h2-7,9-11,23H,8,12H2,1H3,(H,21,24). The van der Waals surface area contributed by atoms with Crippen LogP contribution in [0.2, 0.25) is 0 Å². The van der Waals surface area contributed by atoms with Crippen molar-refractivity contribution in [1.82, 2.24) is 4.72 Å². The van der Waals surface area contributed by atoms with Crippen LogP contribution >= 0.6 is 0 Å². The highest BCUT2D eigenvalue weighted by Crippen LogP contribution is 2.34. The number of nitrogens with zero attached hydrogens (tertiary/aromatic N) is 1. The highest BCUT2D eigenvalue weighted by atomic mass is 32.2. The van der Waals surface area contributed by atoms with E-state index in [4.69, 9.17) is 4.18 Å². The van der Waals surface area contributed by atoms with Crippen LogP contribution in [-0.2, 0) is 31.5 Å². The minimum absolute atomic E-state index is 0.0341. The first-order chi connectivity index (χ1) is 14.5. The van der Waals surface area contributed by atoms with E-state index in [0.29, 0.717) is 11.1 Å². The fourth-order valence-electron chi connectivity index (χ4n) is 3.42. The Morgan fingerprint density at radius 1 is 1.10 bits per heavy atom. The monoisotopic (exact) mass is 462 g/mol. The lowest BCUT2D eigenvalue weighted by atomic mass is 9.99. The molecule has 0 saturated carbocycles. The molecule has 0 atom stereocenters. The Hall–Kier alpha value is -3.31. The molecule has 0 unspecified atom stereocenters. The van der Waals surface area contributed by atoms with E-state index in [2.05, 4.69) is 0 Å². The molecular formula is C20H18N2O7S2. The van der Waals surface area contributed by atoms with Crippen molar-refractivity contribution in [3.05, 3.63) is 65.7 Å². The Kier molecular flexibility index (Phi) is 5.02. The van der Waals surface area contributed by atoms with Crippen LogP contribution in [0.1, 0.15) is 11.1 Å². The maximum absolute atomic E-state index is 12.0. The van der Waals surface area contributed by atoms with Crippen LogP contribution in [-0.4, -0.2) is 40.6 Å². The lowest BCUT2D eigenvalue weighted by molar-refractivity contribution is -0.117. The number of phenols is 1. The van der Waals surface area contributed by atoms with Gasteiger partial charge >= 0.3 is 20.3 Å². The molecule has 31 heavy (non-hydrogen) atoms. The lowest BCUT2D eigenvalue weighted by Gasteiger charge is -2.17. The molecule has 3 aromatic carbocycles. The van der Waals surface area contributed by atoms with Gasteiger partial charge in [0.25, 0.3) is 5.91 Å². The van der Waals surface area contributed by atoms with Crippen molar-refractivity contribution in [3.63, 3.8) is 0 Å². The SMILES string of the molecule is CS(=O)(=O)Oc1cc2ccccc2cc1Cc1ccc(N2CC(=O)NS2(=O)=O)c(O)c1. The highest BCUT2D eigenvalue weighted by molar-refractivity contribution is 7.92. The van der Waals surface area contributed by atoms with Crippen LogP contribution in [0.5, 0.6) is 11.5 Å². The summed E-state index contributed by atoms with van der Waals surface area (Å²) in [5.41, 5.74) is 1.13. The number of phenolic OH excluding ortho intramolecular Hbond substituents is 1. The quantitative estimate of drug-likeness (QED) is 0.552. The fraction of sp³-hybridized carbons (Fsp3) is 0.150. The number of carbonyl (C=O) groups is 1. The Morgan fingerprint density at radius 3 is 2.35 bits per heavy atom. The van der Waals surface area contributed by atoms with Gasteiger partial charge < -0.3 is 9.29 Å². The second kappa shape index (κ2) is 7.43. The van der Waals surface area contributed by atoms with Gasteiger partial charge in [0, 0.05) is 12.0 Å². The van der Waals surface area contributed by atoms with E-state index in [9.17, 15) is 26.7 Å². The van der Waals surface area contributed by atoms with Crippen molar-refractivity contribution >= 4 is 42.7 Å². The average Bonchev–Trinajstić information content (AvgIpc) is 2.93. The van der Waals surface area contributed by atoms with Crippen LogP contribution in [0.15, 0.2) is 54.6 Å². The first kappa shape index (κ1) is 20.9. The summed E-state index contributed by atoms with van der Waals surface area (Å²) in [6, 6.07) is 15.2. The summed E-state index contributed by atoms with van der Waals surface area (Å²) < 4.78 is 55.2. The third-order valence-electron chi connectivity index (χ3n) is 4.69. The minimum Gasteiger partial charge on any atom is -0.506 e. The zero-order valence-corrected chi connectivity index (χ0v) is 17.9. The molecule has 11 heteroatoms. The third-order valence-corrected chi connectivity index (χ3v) is 6.57. The maximum atomic E-state index is 12.0. The van der Waals surface area contributed by atoms with Gasteiger partial charge in [-0.15, -0.1) is 0 Å². The molecule has 1 fully saturated rings. The zero-order chi connectivity index (χ0) is 22.4. The number of hydrogen-bond donors (Lipinski definition) is 2. The number of amides is 1. The van der Waals surface area contributed by atoms with Crippen molar-refractivity contribution in [2.75, 3.05) is 17.1 Å². The molecule has 1 amide bonds. The van der Waals surface area contributed by atoms with Gasteiger partial charge in [0.15, 0.2) is 0 Å². The summed E-state index contributed by atoms with van der Waals surface area (Å²) in [4.78, 5) is 11.4. The molecule has 0 aromatic heterocycles. The Balaban J connectivity index is 1.71. The summed E-state index contributed by atoms with van der Waals surface area (Å²) in [5, 5.41) is 12.1. The molecule has 4 rings (SSSR count). The first-order valence-corrected chi connectivity index (χ1v) is 12.3. The number of carbonyl (C=O) groups excluding carboxylic acids is 1. The van der Waals surface area contributed by atoms with E-state index < -0.39 is 32.8 Å². The smallest absolute Gasteiger partial charge is 0.326 e. The van der Waals surface area contributed by atoms with Gasteiger partial charge in [-0.1, -0.05) is 30.3 Å². The number of fused-ring (bicyclic) bond motifs is 1. The molecule has 0 aliphatic carbocycles. The van der Waals surface area contributed by atoms with Crippen molar-refractivity contribution < 1.29 is 30.9 Å². The van der Waals surface area contributed by atoms with Gasteiger partial charge in [-0.3, -0.25) is 4.79 Å². The number of benzene rings is 3. The summed E-state index contributed by atoms with van der Waals surface area (Å²) >= 11 is 0. The molecule has 2 N–H and O–H groups in total. The fourth-order valence-corrected chi connectivity index (χ4v) is 5.06. The summed E-state index contributed by atoms with van der Waals surface area (Å²) in [6.45, 7) is -0.424. The van der Waals surface area contributed by atoms with Gasteiger partial charge in [0.2, 0.25) is 0 Å². The van der Waals surface area contributed by atoms with Gasteiger partial charge in [0.1, 0.15) is 18.0 Å². The Labute approximate surface area is 179 Å². The van der Waals surface area contributed by atoms with E-state index in [0.717, 1.165) is 21.3 Å². The molecule has 9 nitrogen and oxygen atoms in total. The van der Waals surface area contributed by atoms with Crippen LogP contribution in [0, 0.1) is 0 Å². The van der Waals surface area contributed by atoms with Gasteiger partial charge in [-0.25, -0.2) is 9.03 Å². The molecule has 162 valence electrons. The number of rotatable bonds is 5. The Morgan fingerprint density at radius 2 is 1.77 bits per heavy atom. The normalized spacial score (nSPS) is 15.8. The zero-order valence-electron chi connectivity index (χ0n) is 16.3. The minimum atomic E-state index is -4.05. The van der Waals surface area contributed by atoms with E-state index in [-0.39, 0.29) is 23.6 Å². The predicted octanol–water partition coefficient (Wildman–Crippen LogP) is 1.66. The van der Waals surface area contributed by atoms with Crippen LogP contribution in [0.25, 0.3) is 10.8 Å². The molecule has 0 radical (unpaired) electrons. The van der Waals surface area contributed by atoms with Crippen molar-refractivity contribution in [2.24, 2.45) is 0 Å². The summed E-state index contributed by atoms with van der Waals surface area (Å²) in [6.07, 6.45) is 1.17. The van der Waals surface area contributed by atoms with Crippen LogP contribution < -0.4 is 13.2 Å². The molecule has 1 aliphatic heterocycles. The van der Waals surface area contributed by atoms with E-state index >= 15 is 0 Å². The molecule has 3 aromatic rings. The van der Waals surface area contributed by atoms with Crippen molar-refractivity contribution in [1.29, 1.82) is 0 Å². The first-order valence-electron chi connectivity index (χ1n) is 9.08. The number of aromatic hydroxyl groups is 1. The molecule has 1 saturated heterocycles. The van der Waals surface area contributed by atoms with Crippen molar-refractivity contribution in [2.45, 2.75) is 6.42 Å². The van der Waals surface area contributed by atoms with Gasteiger partial charge in [-0.2, -0.15) is 16.8 Å². The molecule has 0 bridgehead atoms. The highest BCUT2D eigenvalue weighted by Gasteiger charge is 2.35. The van der Waals surface area contributed by atoms with E-state index in [1.807, 2.05) is 29.0 Å². The second-order valence-corrected chi connectivity index (χ2v) is 10.3. The van der Waals surface area contributed by atoms with Crippen molar-refractivity contribution in [3.8, 4) is 11.5 Å². The van der Waals surface area contributed by atoms with Gasteiger partial charge in [0.05, 0.1) is 11.9 Å².